The van der Waals surface area contributed by atoms with E-state index in [2.05, 4.69) is 14.7 Å². The van der Waals surface area contributed by atoms with Crippen molar-refractivity contribution < 1.29 is 13.7 Å². The Morgan fingerprint density at radius 1 is 1.29 bits per heavy atom. The number of pyridine rings is 1. The van der Waals surface area contributed by atoms with Gasteiger partial charge in [0.25, 0.3) is 0 Å². The standard InChI is InChI=1S/C20H21FN4O2S/c1-11(25-28(26)20(2,3)4)14-8-12(21)9-15-17(14)24-18-13-6-5-7-22-16(13)10-27-19(18)23-15/h5-9,11,25H,10H2,1-4H3/t11-,28-/m1/s1. The van der Waals surface area contributed by atoms with Crippen molar-refractivity contribution in [3.63, 3.8) is 0 Å². The number of halogens is 1. The molecule has 0 bridgehead atoms. The van der Waals surface area contributed by atoms with Crippen LogP contribution in [0.25, 0.3) is 22.3 Å². The van der Waals surface area contributed by atoms with Crippen molar-refractivity contribution in [3.05, 3.63) is 47.5 Å². The van der Waals surface area contributed by atoms with Crippen molar-refractivity contribution in [3.8, 4) is 17.1 Å². The number of benzene rings is 1. The molecule has 146 valence electrons. The molecular weight excluding hydrogens is 379 g/mol. The smallest absolute Gasteiger partial charge is 0.241 e. The van der Waals surface area contributed by atoms with Crippen molar-refractivity contribution in [1.29, 1.82) is 0 Å². The van der Waals surface area contributed by atoms with Crippen molar-refractivity contribution in [1.82, 2.24) is 19.7 Å². The van der Waals surface area contributed by atoms with Gasteiger partial charge in [-0.1, -0.05) is 0 Å². The predicted octanol–water partition coefficient (Wildman–Crippen LogP) is 3.84. The normalized spacial score (nSPS) is 15.5. The molecule has 6 nitrogen and oxygen atoms in total. The van der Waals surface area contributed by atoms with Crippen molar-refractivity contribution in [2.24, 2.45) is 0 Å². The predicted molar refractivity (Wildman–Crippen MR) is 107 cm³/mol. The largest absolute Gasteiger partial charge is 0.598 e. The molecule has 2 aromatic heterocycles. The van der Waals surface area contributed by atoms with Gasteiger partial charge in [0, 0.05) is 34.8 Å². The number of hydrogen-bond acceptors (Lipinski definition) is 6. The number of fused-ring (bicyclic) bond motifs is 4. The summed E-state index contributed by atoms with van der Waals surface area (Å²) < 4.78 is 35.1. The zero-order valence-corrected chi connectivity index (χ0v) is 16.9. The molecule has 1 aliphatic rings. The Labute approximate surface area is 165 Å². The molecule has 1 aliphatic heterocycles. The average molecular weight is 400 g/mol. The highest BCUT2D eigenvalue weighted by Crippen LogP contribution is 2.36. The van der Waals surface area contributed by atoms with Gasteiger partial charge in [0.05, 0.1) is 22.8 Å². The van der Waals surface area contributed by atoms with Crippen LogP contribution < -0.4 is 9.46 Å². The van der Waals surface area contributed by atoms with E-state index in [9.17, 15) is 8.94 Å². The molecule has 0 spiro atoms. The van der Waals surface area contributed by atoms with E-state index in [4.69, 9.17) is 9.72 Å². The van der Waals surface area contributed by atoms with Crippen LogP contribution in [0.2, 0.25) is 0 Å². The third-order valence-corrected chi connectivity index (χ3v) is 6.21. The second-order valence-electron chi connectivity index (χ2n) is 7.75. The van der Waals surface area contributed by atoms with E-state index in [0.29, 0.717) is 34.8 Å². The fourth-order valence-corrected chi connectivity index (χ4v) is 3.85. The van der Waals surface area contributed by atoms with Gasteiger partial charge >= 0.3 is 0 Å². The van der Waals surface area contributed by atoms with Gasteiger partial charge in [-0.2, -0.15) is 0 Å². The molecule has 1 N–H and O–H groups in total. The van der Waals surface area contributed by atoms with Crippen LogP contribution in [0, 0.1) is 5.82 Å². The van der Waals surface area contributed by atoms with Crippen LogP contribution in [-0.2, 0) is 18.0 Å². The van der Waals surface area contributed by atoms with Crippen LogP contribution in [0.1, 0.15) is 45.0 Å². The molecule has 3 heterocycles. The van der Waals surface area contributed by atoms with E-state index in [-0.39, 0.29) is 6.04 Å². The Morgan fingerprint density at radius 3 is 2.82 bits per heavy atom. The van der Waals surface area contributed by atoms with E-state index >= 15 is 0 Å². The zero-order chi connectivity index (χ0) is 20.1. The van der Waals surface area contributed by atoms with E-state index < -0.39 is 21.9 Å². The Hall–Kier alpha value is -2.29. The monoisotopic (exact) mass is 400 g/mol. The zero-order valence-electron chi connectivity index (χ0n) is 16.1. The van der Waals surface area contributed by atoms with Gasteiger partial charge in [0.2, 0.25) is 5.88 Å². The highest BCUT2D eigenvalue weighted by atomic mass is 32.2. The fourth-order valence-electron chi connectivity index (χ4n) is 3.05. The lowest BCUT2D eigenvalue weighted by molar-refractivity contribution is 0.285. The minimum absolute atomic E-state index is 0.300. The van der Waals surface area contributed by atoms with E-state index in [0.717, 1.165) is 11.3 Å². The number of nitrogens with zero attached hydrogens (tertiary/aromatic N) is 3. The first-order chi connectivity index (χ1) is 13.2. The third-order valence-electron chi connectivity index (χ3n) is 4.53. The van der Waals surface area contributed by atoms with Crippen LogP contribution in [0.5, 0.6) is 5.88 Å². The molecule has 0 saturated heterocycles. The summed E-state index contributed by atoms with van der Waals surface area (Å²) in [7, 11) is 0. The van der Waals surface area contributed by atoms with Crippen LogP contribution in [0.15, 0.2) is 30.5 Å². The molecule has 4 rings (SSSR count). The van der Waals surface area contributed by atoms with Gasteiger partial charge in [-0.25, -0.2) is 14.4 Å². The first kappa shape index (κ1) is 19.0. The molecule has 0 unspecified atom stereocenters. The average Bonchev–Trinajstić information content (AvgIpc) is 2.65. The van der Waals surface area contributed by atoms with Gasteiger partial charge in [-0.3, -0.25) is 4.98 Å². The van der Waals surface area contributed by atoms with Gasteiger partial charge < -0.3 is 9.29 Å². The first-order valence-corrected chi connectivity index (χ1v) is 10.2. The van der Waals surface area contributed by atoms with E-state index in [1.54, 1.807) is 6.20 Å². The molecule has 0 saturated carbocycles. The van der Waals surface area contributed by atoms with Gasteiger partial charge in [0.15, 0.2) is 0 Å². The molecule has 8 heteroatoms. The number of ether oxygens (including phenoxy) is 1. The molecular formula is C20H21FN4O2S. The first-order valence-electron chi connectivity index (χ1n) is 9.00. The summed E-state index contributed by atoms with van der Waals surface area (Å²) in [6.45, 7) is 7.77. The topological polar surface area (TPSA) is 83.0 Å². The molecule has 2 atom stereocenters. The second kappa shape index (κ2) is 6.95. The summed E-state index contributed by atoms with van der Waals surface area (Å²) in [5.74, 6) is -0.0618. The molecule has 0 radical (unpaired) electrons. The van der Waals surface area contributed by atoms with Gasteiger partial charge in [-0.05, 0) is 45.9 Å². The highest BCUT2D eigenvalue weighted by molar-refractivity contribution is 7.90. The number of nitrogens with one attached hydrogen (secondary N) is 1. The summed E-state index contributed by atoms with van der Waals surface area (Å²) in [6.07, 6.45) is 1.70. The molecule has 0 fully saturated rings. The maximum atomic E-state index is 14.3. The molecule has 1 aromatic carbocycles. The maximum Gasteiger partial charge on any atom is 0.241 e. The van der Waals surface area contributed by atoms with Crippen LogP contribution in [0.4, 0.5) is 4.39 Å². The summed E-state index contributed by atoms with van der Waals surface area (Å²) in [5.41, 5.74) is 3.76. The van der Waals surface area contributed by atoms with Gasteiger partial charge in [-0.15, -0.1) is 4.72 Å². The van der Waals surface area contributed by atoms with Crippen LogP contribution >= 0.6 is 0 Å². The van der Waals surface area contributed by atoms with E-state index in [1.165, 1.54) is 12.1 Å². The minimum Gasteiger partial charge on any atom is -0.598 e. The van der Waals surface area contributed by atoms with Crippen molar-refractivity contribution >= 4 is 22.4 Å². The SMILES string of the molecule is C[C@@H](N[S@+]([O-])C(C)(C)C)c1cc(F)cc2nc3c(nc12)-c1cccnc1CO3. The quantitative estimate of drug-likeness (QED) is 0.673. The maximum absolute atomic E-state index is 14.3. The highest BCUT2D eigenvalue weighted by Gasteiger charge is 2.30. The lowest BCUT2D eigenvalue weighted by Crippen LogP contribution is -2.40. The summed E-state index contributed by atoms with van der Waals surface area (Å²) in [6, 6.07) is 6.12. The van der Waals surface area contributed by atoms with Crippen LogP contribution in [-0.4, -0.2) is 24.3 Å². The Balaban J connectivity index is 1.84. The fraction of sp³-hybridized carbons (Fsp3) is 0.350. The number of rotatable bonds is 3. The summed E-state index contributed by atoms with van der Waals surface area (Å²) >= 11 is -1.31. The molecule has 0 aliphatic carbocycles. The third kappa shape index (κ3) is 3.43. The number of aromatic nitrogens is 3. The van der Waals surface area contributed by atoms with Gasteiger partial charge in [0.1, 0.15) is 22.9 Å². The lowest BCUT2D eigenvalue weighted by atomic mass is 10.0. The molecule has 0 amide bonds. The van der Waals surface area contributed by atoms with E-state index in [1.807, 2.05) is 39.8 Å². The molecule has 28 heavy (non-hydrogen) atoms. The minimum atomic E-state index is -1.31. The second-order valence-corrected chi connectivity index (χ2v) is 9.74. The van der Waals surface area contributed by atoms with Crippen molar-refractivity contribution in [2.45, 2.75) is 45.1 Å². The Bertz CT molecular complexity index is 1050. The Kier molecular flexibility index (Phi) is 4.73. The molecule has 3 aromatic rings. The van der Waals surface area contributed by atoms with Crippen molar-refractivity contribution in [2.75, 3.05) is 0 Å². The number of hydrogen-bond donors (Lipinski definition) is 1. The summed E-state index contributed by atoms with van der Waals surface area (Å²) in [5, 5.41) is 0. The summed E-state index contributed by atoms with van der Waals surface area (Å²) in [4.78, 5) is 13.6. The van der Waals surface area contributed by atoms with Crippen LogP contribution in [0.3, 0.4) is 0 Å². The Morgan fingerprint density at radius 2 is 2.07 bits per heavy atom. The lowest BCUT2D eigenvalue weighted by Gasteiger charge is -2.27.